The molecular weight excluding hydrogens is 291 g/mol. The number of halogens is 3. The molecule has 8 heteroatoms. The van der Waals surface area contributed by atoms with Crippen LogP contribution in [0, 0.1) is 12.7 Å². The second-order valence-corrected chi connectivity index (χ2v) is 4.59. The highest BCUT2D eigenvalue weighted by atomic mass is 32.1. The first-order chi connectivity index (χ1) is 9.54. The molecule has 0 radical (unpaired) electrons. The van der Waals surface area contributed by atoms with Crippen LogP contribution in [-0.2, 0) is 0 Å². The van der Waals surface area contributed by atoms with Crippen molar-refractivity contribution in [1.82, 2.24) is 4.98 Å². The average molecular weight is 301 g/mol. The second kappa shape index (κ2) is 6.38. The van der Waals surface area contributed by atoms with E-state index in [0.29, 0.717) is 10.7 Å². The summed E-state index contributed by atoms with van der Waals surface area (Å²) in [4.78, 5) is 4.12. The van der Waals surface area contributed by atoms with Gasteiger partial charge in [-0.3, -0.25) is 5.43 Å². The predicted molar refractivity (Wildman–Crippen MR) is 71.1 cm³/mol. The van der Waals surface area contributed by atoms with Crippen molar-refractivity contribution < 1.29 is 17.9 Å². The first-order valence-electron chi connectivity index (χ1n) is 5.50. The molecule has 1 N–H and O–H groups in total. The largest absolute Gasteiger partial charge is 0.432 e. The minimum atomic E-state index is -3.06. The molecule has 2 rings (SSSR count). The van der Waals surface area contributed by atoms with Gasteiger partial charge in [0.15, 0.2) is 11.6 Å². The van der Waals surface area contributed by atoms with Crippen LogP contribution in [0.1, 0.15) is 11.3 Å². The molecule has 0 saturated carbocycles. The average Bonchev–Trinajstić information content (AvgIpc) is 2.78. The maximum absolute atomic E-state index is 13.4. The van der Waals surface area contributed by atoms with Gasteiger partial charge in [-0.2, -0.15) is 13.9 Å². The predicted octanol–water partition coefficient (Wildman–Crippen LogP) is 3.64. The Morgan fingerprint density at radius 1 is 1.45 bits per heavy atom. The highest BCUT2D eigenvalue weighted by molar-refractivity contribution is 7.13. The number of aromatic nitrogens is 1. The first kappa shape index (κ1) is 14.3. The van der Waals surface area contributed by atoms with Crippen LogP contribution in [0.3, 0.4) is 0 Å². The molecule has 0 amide bonds. The van der Waals surface area contributed by atoms with Crippen LogP contribution < -0.4 is 10.2 Å². The summed E-state index contributed by atoms with van der Waals surface area (Å²) in [6, 6.07) is 3.59. The van der Waals surface area contributed by atoms with Gasteiger partial charge in [0, 0.05) is 5.38 Å². The molecule has 1 aromatic heterocycles. The molecule has 0 fully saturated rings. The van der Waals surface area contributed by atoms with Gasteiger partial charge in [0.1, 0.15) is 0 Å². The first-order valence-corrected chi connectivity index (χ1v) is 6.38. The fraction of sp³-hybridized carbons (Fsp3) is 0.167. The number of alkyl halides is 2. The number of nitrogens with zero attached hydrogens (tertiary/aromatic N) is 2. The Hall–Kier alpha value is -2.09. The lowest BCUT2D eigenvalue weighted by Gasteiger charge is -2.05. The molecule has 4 nitrogen and oxygen atoms in total. The third kappa shape index (κ3) is 3.95. The summed E-state index contributed by atoms with van der Waals surface area (Å²) >= 11 is 1.38. The van der Waals surface area contributed by atoms with E-state index in [9.17, 15) is 13.2 Å². The summed E-state index contributed by atoms with van der Waals surface area (Å²) in [5.74, 6) is -1.37. The highest BCUT2D eigenvalue weighted by Gasteiger charge is 2.09. The molecule has 2 aromatic rings. The van der Waals surface area contributed by atoms with Crippen molar-refractivity contribution in [3.63, 3.8) is 0 Å². The summed E-state index contributed by atoms with van der Waals surface area (Å²) in [7, 11) is 0. The number of nitrogens with one attached hydrogen (secondary N) is 1. The van der Waals surface area contributed by atoms with Crippen LogP contribution in [0.25, 0.3) is 0 Å². The van der Waals surface area contributed by atoms with Gasteiger partial charge in [-0.25, -0.2) is 9.37 Å². The molecule has 0 aliphatic heterocycles. The molecule has 0 atom stereocenters. The molecule has 0 aliphatic carbocycles. The molecule has 0 spiro atoms. The van der Waals surface area contributed by atoms with Gasteiger partial charge in [0.05, 0.1) is 11.9 Å². The topological polar surface area (TPSA) is 46.5 Å². The lowest BCUT2D eigenvalue weighted by Crippen LogP contribution is -2.04. The smallest absolute Gasteiger partial charge is 0.387 e. The van der Waals surface area contributed by atoms with Crippen molar-refractivity contribution in [3.8, 4) is 5.75 Å². The van der Waals surface area contributed by atoms with E-state index in [-0.39, 0.29) is 0 Å². The standard InChI is InChI=1S/C12H10F3N3OS/c1-7-6-20-12(17-7)18-16-5-8-2-3-10(9(13)4-8)19-11(14)15/h2-6,11H,1H3,(H,17,18). The van der Waals surface area contributed by atoms with Crippen molar-refractivity contribution in [2.24, 2.45) is 5.10 Å². The second-order valence-electron chi connectivity index (χ2n) is 3.73. The lowest BCUT2D eigenvalue weighted by atomic mass is 10.2. The normalized spacial score (nSPS) is 11.2. The molecule has 0 bridgehead atoms. The van der Waals surface area contributed by atoms with Gasteiger partial charge in [-0.05, 0) is 30.7 Å². The van der Waals surface area contributed by atoms with Crippen molar-refractivity contribution in [3.05, 3.63) is 40.7 Å². The number of rotatable bonds is 5. The number of benzene rings is 1. The maximum Gasteiger partial charge on any atom is 0.387 e. The molecule has 1 heterocycles. The zero-order chi connectivity index (χ0) is 14.5. The van der Waals surface area contributed by atoms with Gasteiger partial charge < -0.3 is 4.74 Å². The highest BCUT2D eigenvalue weighted by Crippen LogP contribution is 2.20. The molecule has 0 aliphatic rings. The Bertz CT molecular complexity index is 616. The summed E-state index contributed by atoms with van der Waals surface area (Å²) in [6.07, 6.45) is 1.35. The van der Waals surface area contributed by atoms with E-state index in [2.05, 4.69) is 20.2 Å². The molecule has 0 saturated heterocycles. The Morgan fingerprint density at radius 2 is 2.25 bits per heavy atom. The number of hydrogen-bond acceptors (Lipinski definition) is 5. The van der Waals surface area contributed by atoms with Crippen LogP contribution in [-0.4, -0.2) is 17.8 Å². The van der Waals surface area contributed by atoms with E-state index >= 15 is 0 Å². The monoisotopic (exact) mass is 301 g/mol. The molecule has 1 aromatic carbocycles. The van der Waals surface area contributed by atoms with Gasteiger partial charge in [0.25, 0.3) is 0 Å². The van der Waals surface area contributed by atoms with Crippen LogP contribution >= 0.6 is 11.3 Å². The number of thiazole rings is 1. The van der Waals surface area contributed by atoms with E-state index in [1.807, 2.05) is 12.3 Å². The number of hydrazone groups is 1. The Morgan fingerprint density at radius 3 is 2.85 bits per heavy atom. The van der Waals surface area contributed by atoms with Gasteiger partial charge in [0.2, 0.25) is 5.13 Å². The third-order valence-electron chi connectivity index (χ3n) is 2.16. The Kier molecular flexibility index (Phi) is 4.57. The van der Waals surface area contributed by atoms with Gasteiger partial charge >= 0.3 is 6.61 Å². The number of hydrogen-bond donors (Lipinski definition) is 1. The molecule has 106 valence electrons. The zero-order valence-electron chi connectivity index (χ0n) is 10.3. The SMILES string of the molecule is Cc1csc(NN=Cc2ccc(OC(F)F)c(F)c2)n1. The van der Waals surface area contributed by atoms with E-state index in [1.165, 1.54) is 23.6 Å². The summed E-state index contributed by atoms with van der Waals surface area (Å²) in [5, 5.41) is 6.34. The lowest BCUT2D eigenvalue weighted by molar-refractivity contribution is -0.0521. The van der Waals surface area contributed by atoms with Crippen molar-refractivity contribution in [2.75, 3.05) is 5.43 Å². The summed E-state index contributed by atoms with van der Waals surface area (Å²) in [5.41, 5.74) is 3.96. The van der Waals surface area contributed by atoms with Crippen molar-refractivity contribution in [1.29, 1.82) is 0 Å². The Balaban J connectivity index is 2.01. The maximum atomic E-state index is 13.4. The fourth-order valence-electron chi connectivity index (χ4n) is 1.36. The Labute approximate surface area is 116 Å². The number of ether oxygens (including phenoxy) is 1. The van der Waals surface area contributed by atoms with Gasteiger partial charge in [-0.15, -0.1) is 11.3 Å². The quantitative estimate of drug-likeness (QED) is 0.677. The van der Waals surface area contributed by atoms with E-state index in [0.717, 1.165) is 17.8 Å². The van der Waals surface area contributed by atoms with E-state index in [4.69, 9.17) is 0 Å². The van der Waals surface area contributed by atoms with Crippen LogP contribution in [0.2, 0.25) is 0 Å². The van der Waals surface area contributed by atoms with Gasteiger partial charge in [-0.1, -0.05) is 0 Å². The molecule has 20 heavy (non-hydrogen) atoms. The summed E-state index contributed by atoms with van der Waals surface area (Å²) in [6.45, 7) is -1.21. The number of aryl methyl sites for hydroxylation is 1. The van der Waals surface area contributed by atoms with Crippen molar-refractivity contribution in [2.45, 2.75) is 13.5 Å². The van der Waals surface area contributed by atoms with Crippen LogP contribution in [0.4, 0.5) is 18.3 Å². The number of anilines is 1. The zero-order valence-corrected chi connectivity index (χ0v) is 11.1. The fourth-order valence-corrected chi connectivity index (χ4v) is 1.99. The summed E-state index contributed by atoms with van der Waals surface area (Å²) < 4.78 is 41.3. The van der Waals surface area contributed by atoms with E-state index in [1.54, 1.807) is 0 Å². The minimum absolute atomic E-state index is 0.407. The molecule has 0 unspecified atom stereocenters. The van der Waals surface area contributed by atoms with Crippen molar-refractivity contribution >= 4 is 22.7 Å². The van der Waals surface area contributed by atoms with Crippen LogP contribution in [0.5, 0.6) is 5.75 Å². The minimum Gasteiger partial charge on any atom is -0.432 e. The van der Waals surface area contributed by atoms with Crippen LogP contribution in [0.15, 0.2) is 28.7 Å². The third-order valence-corrected chi connectivity index (χ3v) is 3.03. The molecular formula is C12H10F3N3OS. The van der Waals surface area contributed by atoms with E-state index < -0.39 is 18.2 Å².